The number of hydrogen-bond acceptors (Lipinski definition) is 4. The molecule has 0 fully saturated rings. The molecule has 0 spiro atoms. The fourth-order valence-corrected chi connectivity index (χ4v) is 3.01. The predicted molar refractivity (Wildman–Crippen MR) is 95.2 cm³/mol. The number of nitrogens with zero attached hydrogens (tertiary/aromatic N) is 2. The van der Waals surface area contributed by atoms with E-state index in [2.05, 4.69) is 9.84 Å². The van der Waals surface area contributed by atoms with Gasteiger partial charge in [0.2, 0.25) is 0 Å². The third-order valence-corrected chi connectivity index (χ3v) is 4.43. The molecule has 0 aliphatic heterocycles. The Morgan fingerprint density at radius 1 is 1.31 bits per heavy atom. The van der Waals surface area contributed by atoms with Gasteiger partial charge in [-0.3, -0.25) is 4.68 Å². The number of aryl methyl sites for hydroxylation is 1. The van der Waals surface area contributed by atoms with E-state index in [4.69, 9.17) is 16.3 Å². The molecule has 11 heteroatoms. The van der Waals surface area contributed by atoms with Gasteiger partial charge in [0.15, 0.2) is 5.69 Å². The van der Waals surface area contributed by atoms with E-state index in [1.165, 1.54) is 23.9 Å². The number of halogens is 6. The zero-order valence-electron chi connectivity index (χ0n) is 15.7. The van der Waals surface area contributed by atoms with E-state index in [0.717, 1.165) is 13.0 Å². The zero-order valence-corrected chi connectivity index (χ0v) is 16.4. The number of carbonyl (C=O) groups excluding carboxylic acids is 1. The van der Waals surface area contributed by atoms with Crippen LogP contribution in [-0.4, -0.2) is 35.1 Å². The summed E-state index contributed by atoms with van der Waals surface area (Å²) >= 11 is 6.21. The summed E-state index contributed by atoms with van der Waals surface area (Å²) in [7, 11) is 1.43. The molecule has 0 aliphatic rings. The molecule has 0 radical (unpaired) electrons. The second-order valence-corrected chi connectivity index (χ2v) is 6.59. The van der Waals surface area contributed by atoms with Crippen LogP contribution in [0.2, 0.25) is 5.02 Å². The first-order valence-corrected chi connectivity index (χ1v) is 8.87. The van der Waals surface area contributed by atoms with Crippen molar-refractivity contribution < 1.29 is 36.2 Å². The average molecular weight is 441 g/mol. The molecule has 0 saturated carbocycles. The summed E-state index contributed by atoms with van der Waals surface area (Å²) in [6.07, 6.45) is -4.85. The highest BCUT2D eigenvalue weighted by Crippen LogP contribution is 2.39. The van der Waals surface area contributed by atoms with Crippen LogP contribution in [0.5, 0.6) is 5.75 Å². The Kier molecular flexibility index (Phi) is 7.10. The summed E-state index contributed by atoms with van der Waals surface area (Å²) in [6, 6.07) is 3.74. The van der Waals surface area contributed by atoms with E-state index in [1.54, 1.807) is 6.92 Å². The van der Waals surface area contributed by atoms with Gasteiger partial charge in [-0.25, -0.2) is 4.79 Å². The largest absolute Gasteiger partial charge is 0.461 e. The lowest BCUT2D eigenvalue weighted by molar-refractivity contribution is -0.169. The van der Waals surface area contributed by atoms with Crippen molar-refractivity contribution in [2.75, 3.05) is 6.61 Å². The summed E-state index contributed by atoms with van der Waals surface area (Å²) in [6.45, 7) is -0.566. The van der Waals surface area contributed by atoms with Crippen LogP contribution in [0.15, 0.2) is 18.2 Å². The molecule has 1 aromatic heterocycles. The SMILES string of the molecule is CCOC(=O)c1nn(C)c(-c2ccc(CC(C)C(F)(F)F)cc2OC(F)F)c1Cl. The number of hydrogen-bond donors (Lipinski definition) is 0. The number of benzene rings is 1. The average Bonchev–Trinajstić information content (AvgIpc) is 2.89. The van der Waals surface area contributed by atoms with Crippen molar-refractivity contribution in [3.63, 3.8) is 0 Å². The Balaban J connectivity index is 2.51. The lowest BCUT2D eigenvalue weighted by Gasteiger charge is -2.17. The van der Waals surface area contributed by atoms with Gasteiger partial charge in [0.1, 0.15) is 10.8 Å². The van der Waals surface area contributed by atoms with Crippen molar-refractivity contribution in [2.45, 2.75) is 33.1 Å². The Labute approximate surface area is 168 Å². The highest BCUT2D eigenvalue weighted by Gasteiger charge is 2.36. The minimum Gasteiger partial charge on any atom is -0.461 e. The Hall–Kier alpha value is -2.36. The lowest BCUT2D eigenvalue weighted by Crippen LogP contribution is -2.21. The quantitative estimate of drug-likeness (QED) is 0.435. The van der Waals surface area contributed by atoms with Gasteiger partial charge in [-0.05, 0) is 31.0 Å². The van der Waals surface area contributed by atoms with Gasteiger partial charge in [-0.1, -0.05) is 24.6 Å². The molecule has 2 rings (SSSR count). The van der Waals surface area contributed by atoms with E-state index < -0.39 is 31.1 Å². The minimum absolute atomic E-state index is 0.0456. The lowest BCUT2D eigenvalue weighted by atomic mass is 9.98. The molecule has 0 saturated heterocycles. The Bertz CT molecular complexity index is 883. The van der Waals surface area contributed by atoms with Gasteiger partial charge >= 0.3 is 18.8 Å². The molecule has 0 bridgehead atoms. The molecule has 1 aromatic carbocycles. The molecule has 0 aliphatic carbocycles. The predicted octanol–water partition coefficient (Wildman–Crippen LogP) is 5.26. The first kappa shape index (κ1) is 22.9. The Morgan fingerprint density at radius 2 is 1.97 bits per heavy atom. The number of alkyl halides is 5. The van der Waals surface area contributed by atoms with Crippen LogP contribution in [0.4, 0.5) is 22.0 Å². The molecule has 29 heavy (non-hydrogen) atoms. The molecule has 0 amide bonds. The smallest absolute Gasteiger partial charge is 0.391 e. The highest BCUT2D eigenvalue weighted by atomic mass is 35.5. The summed E-state index contributed by atoms with van der Waals surface area (Å²) in [4.78, 5) is 12.0. The molecule has 5 nitrogen and oxygen atoms in total. The molecule has 1 atom stereocenters. The van der Waals surface area contributed by atoms with Crippen molar-refractivity contribution in [3.8, 4) is 17.0 Å². The number of aromatic nitrogens is 2. The third kappa shape index (κ3) is 5.37. The summed E-state index contributed by atoms with van der Waals surface area (Å²) < 4.78 is 74.8. The van der Waals surface area contributed by atoms with E-state index >= 15 is 0 Å². The van der Waals surface area contributed by atoms with Crippen molar-refractivity contribution in [1.29, 1.82) is 0 Å². The van der Waals surface area contributed by atoms with Crippen molar-refractivity contribution in [2.24, 2.45) is 13.0 Å². The van der Waals surface area contributed by atoms with Gasteiger partial charge in [0.25, 0.3) is 0 Å². The highest BCUT2D eigenvalue weighted by molar-refractivity contribution is 6.35. The second kappa shape index (κ2) is 8.98. The zero-order chi connectivity index (χ0) is 21.9. The normalized spacial score (nSPS) is 12.9. The molecule has 0 N–H and O–H groups in total. The maximum Gasteiger partial charge on any atom is 0.391 e. The maximum absolute atomic E-state index is 12.9. The summed E-state index contributed by atoms with van der Waals surface area (Å²) in [5.74, 6) is -2.86. The second-order valence-electron chi connectivity index (χ2n) is 6.21. The van der Waals surface area contributed by atoms with E-state index in [1.807, 2.05) is 0 Å². The maximum atomic E-state index is 12.9. The van der Waals surface area contributed by atoms with Crippen LogP contribution in [-0.2, 0) is 18.2 Å². The first-order valence-electron chi connectivity index (χ1n) is 8.50. The van der Waals surface area contributed by atoms with Crippen LogP contribution >= 0.6 is 11.6 Å². The summed E-state index contributed by atoms with van der Waals surface area (Å²) in [5, 5.41) is 3.80. The number of ether oxygens (including phenoxy) is 2. The fourth-order valence-electron chi connectivity index (χ4n) is 2.67. The van der Waals surface area contributed by atoms with Crippen LogP contribution < -0.4 is 4.74 Å². The topological polar surface area (TPSA) is 53.3 Å². The molecule has 160 valence electrons. The summed E-state index contributed by atoms with van der Waals surface area (Å²) in [5.41, 5.74) is 0.0620. The van der Waals surface area contributed by atoms with Crippen molar-refractivity contribution in [1.82, 2.24) is 9.78 Å². The van der Waals surface area contributed by atoms with Gasteiger partial charge in [0, 0.05) is 12.6 Å². The van der Waals surface area contributed by atoms with Crippen LogP contribution in [0.3, 0.4) is 0 Å². The molecule has 1 heterocycles. The number of esters is 1. The van der Waals surface area contributed by atoms with Gasteiger partial charge in [0.05, 0.1) is 18.2 Å². The van der Waals surface area contributed by atoms with Crippen LogP contribution in [0.1, 0.15) is 29.9 Å². The Morgan fingerprint density at radius 3 is 2.52 bits per heavy atom. The van der Waals surface area contributed by atoms with E-state index in [9.17, 15) is 26.7 Å². The fraction of sp³-hybridized carbons (Fsp3) is 0.444. The molecule has 2 aromatic rings. The van der Waals surface area contributed by atoms with Gasteiger partial charge in [-0.15, -0.1) is 0 Å². The molecular formula is C18H18ClF5N2O3. The van der Waals surface area contributed by atoms with E-state index in [0.29, 0.717) is 0 Å². The van der Waals surface area contributed by atoms with Crippen LogP contribution in [0.25, 0.3) is 11.3 Å². The third-order valence-electron chi connectivity index (χ3n) is 4.08. The van der Waals surface area contributed by atoms with Crippen molar-refractivity contribution >= 4 is 17.6 Å². The van der Waals surface area contributed by atoms with Gasteiger partial charge < -0.3 is 9.47 Å². The number of carbonyl (C=O) groups is 1. The minimum atomic E-state index is -4.43. The van der Waals surface area contributed by atoms with Crippen LogP contribution in [0, 0.1) is 5.92 Å². The standard InChI is InChI=1S/C18H18ClF5N2O3/c1-4-28-16(27)14-13(19)15(26(3)25-14)11-6-5-10(7-9(2)18(22,23)24)8-12(11)29-17(20)21/h5-6,8-9,17H,4,7H2,1-3H3. The van der Waals surface area contributed by atoms with E-state index in [-0.39, 0.29) is 39.9 Å². The molecule has 1 unspecified atom stereocenters. The number of rotatable bonds is 7. The first-order chi connectivity index (χ1) is 13.5. The van der Waals surface area contributed by atoms with Crippen molar-refractivity contribution in [3.05, 3.63) is 34.5 Å². The van der Waals surface area contributed by atoms with Gasteiger partial charge in [-0.2, -0.15) is 27.1 Å². The monoisotopic (exact) mass is 440 g/mol. The molecular weight excluding hydrogens is 423 g/mol.